The maximum atomic E-state index is 14.0. The Hall–Kier alpha value is -4.05. The number of piperidine rings is 1. The Labute approximate surface area is 285 Å². The molecule has 3 aromatic rings. The Bertz CT molecular complexity index is 1720. The number of nitrogens with one attached hydrogen (secondary N) is 1. The fourth-order valence-corrected chi connectivity index (χ4v) is 8.53. The summed E-state index contributed by atoms with van der Waals surface area (Å²) in [4.78, 5) is 43.7. The molecule has 2 aliphatic rings. The Morgan fingerprint density at radius 1 is 0.979 bits per heavy atom. The van der Waals surface area contributed by atoms with Crippen molar-refractivity contribution in [2.45, 2.75) is 50.2 Å². The number of anilines is 2. The summed E-state index contributed by atoms with van der Waals surface area (Å²) < 4.78 is 34.6. The SMILES string of the molecule is CN1CCN(c2ccc(-c3ccc(NC(=O)CN(C4CCN(C(=O)OC(C)(C)C)CC4)S(=O)(=O)c4ccccc4[N+](=O)[O-])s3)cc2)CC1. The Balaban J connectivity index is 1.31. The van der Waals surface area contributed by atoms with Gasteiger partial charge in [-0.2, -0.15) is 4.31 Å². The number of carbonyl (C=O) groups excluding carboxylic acids is 2. The molecule has 1 aromatic heterocycles. The van der Waals surface area contributed by atoms with Crippen molar-refractivity contribution in [2.75, 3.05) is 63.1 Å². The molecule has 2 aliphatic heterocycles. The minimum absolute atomic E-state index is 0.200. The van der Waals surface area contributed by atoms with Gasteiger partial charge in [0.25, 0.3) is 15.7 Å². The number of hydrogen-bond donors (Lipinski definition) is 1. The molecule has 3 heterocycles. The average Bonchev–Trinajstić information content (AvgIpc) is 3.51. The summed E-state index contributed by atoms with van der Waals surface area (Å²) in [6.45, 7) is 9.11. The van der Waals surface area contributed by atoms with Gasteiger partial charge in [0.2, 0.25) is 5.91 Å². The Morgan fingerprint density at radius 2 is 1.62 bits per heavy atom. The second-order valence-corrected chi connectivity index (χ2v) is 16.0. The van der Waals surface area contributed by atoms with Gasteiger partial charge in [-0.05, 0) is 76.6 Å². The number of para-hydroxylation sites is 1. The van der Waals surface area contributed by atoms with Gasteiger partial charge in [0.05, 0.1) is 16.5 Å². The van der Waals surface area contributed by atoms with Crippen LogP contribution in [0.3, 0.4) is 0 Å². The Kier molecular flexibility index (Phi) is 10.7. The summed E-state index contributed by atoms with van der Waals surface area (Å²) in [5.74, 6) is -0.578. The van der Waals surface area contributed by atoms with E-state index in [1.807, 2.05) is 6.07 Å². The topological polar surface area (TPSA) is 146 Å². The molecule has 1 N–H and O–H groups in total. The van der Waals surface area contributed by atoms with E-state index in [1.54, 1.807) is 26.8 Å². The van der Waals surface area contributed by atoms with Crippen LogP contribution in [0.25, 0.3) is 10.4 Å². The third-order valence-electron chi connectivity index (χ3n) is 8.36. The van der Waals surface area contributed by atoms with Crippen molar-refractivity contribution in [1.82, 2.24) is 14.1 Å². The van der Waals surface area contributed by atoms with Crippen LogP contribution in [0.4, 0.5) is 21.2 Å². The maximum absolute atomic E-state index is 14.0. The van der Waals surface area contributed by atoms with Gasteiger partial charge in [-0.15, -0.1) is 11.3 Å². The fourth-order valence-electron chi connectivity index (χ4n) is 5.81. The van der Waals surface area contributed by atoms with E-state index in [0.29, 0.717) is 5.00 Å². The lowest BCUT2D eigenvalue weighted by molar-refractivity contribution is -0.387. The van der Waals surface area contributed by atoms with Crippen molar-refractivity contribution in [3.8, 4) is 10.4 Å². The molecule has 0 atom stereocenters. The fraction of sp³-hybridized carbons (Fsp3) is 0.455. The van der Waals surface area contributed by atoms with E-state index < -0.39 is 55.7 Å². The quantitative estimate of drug-likeness (QED) is 0.238. The predicted octanol–water partition coefficient (Wildman–Crippen LogP) is 5.10. The van der Waals surface area contributed by atoms with Crippen molar-refractivity contribution >= 4 is 49.7 Å². The second kappa shape index (κ2) is 14.6. The van der Waals surface area contributed by atoms with E-state index in [1.165, 1.54) is 34.4 Å². The number of nitrogens with zero attached hydrogens (tertiary/aromatic N) is 5. The molecule has 2 saturated heterocycles. The van der Waals surface area contributed by atoms with Gasteiger partial charge in [0, 0.05) is 61.9 Å². The zero-order valence-corrected chi connectivity index (χ0v) is 29.3. The minimum Gasteiger partial charge on any atom is -0.444 e. The van der Waals surface area contributed by atoms with Crippen LogP contribution in [0.5, 0.6) is 0 Å². The number of ether oxygens (including phenoxy) is 1. The summed E-state index contributed by atoms with van der Waals surface area (Å²) in [6, 6.07) is 16.4. The number of carbonyl (C=O) groups is 2. The lowest BCUT2D eigenvalue weighted by atomic mass is 10.1. The van der Waals surface area contributed by atoms with Crippen molar-refractivity contribution in [1.29, 1.82) is 0 Å². The summed E-state index contributed by atoms with van der Waals surface area (Å²) in [6.07, 6.45) is -0.0615. The molecule has 48 heavy (non-hydrogen) atoms. The van der Waals surface area contributed by atoms with Crippen molar-refractivity contribution < 1.29 is 27.7 Å². The maximum Gasteiger partial charge on any atom is 0.410 e. The van der Waals surface area contributed by atoms with Crippen LogP contribution >= 0.6 is 11.3 Å². The number of likely N-dealkylation sites (N-methyl/N-ethyl adjacent to an activating group) is 1. The largest absolute Gasteiger partial charge is 0.444 e. The molecule has 13 nitrogen and oxygen atoms in total. The molecule has 0 unspecified atom stereocenters. The molecule has 15 heteroatoms. The molecule has 2 fully saturated rings. The average molecular weight is 699 g/mol. The van der Waals surface area contributed by atoms with Gasteiger partial charge in [0.1, 0.15) is 5.60 Å². The second-order valence-electron chi connectivity index (χ2n) is 13.0. The van der Waals surface area contributed by atoms with Crippen LogP contribution in [0.1, 0.15) is 33.6 Å². The van der Waals surface area contributed by atoms with Crippen LogP contribution in [0, 0.1) is 10.1 Å². The van der Waals surface area contributed by atoms with Crippen molar-refractivity contribution in [3.05, 3.63) is 70.8 Å². The van der Waals surface area contributed by atoms with E-state index in [4.69, 9.17) is 4.74 Å². The molecule has 0 spiro atoms. The monoisotopic (exact) mass is 698 g/mol. The molecule has 0 bridgehead atoms. The molecule has 0 radical (unpaired) electrons. The first-order valence-corrected chi connectivity index (χ1v) is 18.1. The highest BCUT2D eigenvalue weighted by atomic mass is 32.2. The predicted molar refractivity (Wildman–Crippen MR) is 186 cm³/mol. The standard InChI is InChI=1S/C33H42N6O7S2/c1-33(2,3)46-32(41)37-17-15-26(16-18-37)38(48(44,45)29-8-6-5-7-27(29)39(42)43)23-30(40)34-31-14-13-28(47-31)24-9-11-25(12-10-24)36-21-19-35(4)20-22-36/h5-14,26H,15-23H2,1-4H3,(H,34,40). The molecule has 2 aromatic carbocycles. The number of nitro groups is 1. The molecule has 258 valence electrons. The lowest BCUT2D eigenvalue weighted by Crippen LogP contribution is -2.51. The smallest absolute Gasteiger partial charge is 0.410 e. The van der Waals surface area contributed by atoms with Gasteiger partial charge in [-0.3, -0.25) is 14.9 Å². The first kappa shape index (κ1) is 35.3. The van der Waals surface area contributed by atoms with E-state index in [0.717, 1.165) is 52.7 Å². The van der Waals surface area contributed by atoms with E-state index in [-0.39, 0.29) is 25.9 Å². The highest BCUT2D eigenvalue weighted by molar-refractivity contribution is 7.89. The highest BCUT2D eigenvalue weighted by Gasteiger charge is 2.39. The number of likely N-dealkylation sites (tertiary alicyclic amines) is 1. The van der Waals surface area contributed by atoms with E-state index in [9.17, 15) is 28.1 Å². The number of nitro benzene ring substituents is 1. The first-order valence-electron chi connectivity index (χ1n) is 15.9. The van der Waals surface area contributed by atoms with Crippen LogP contribution in [0.15, 0.2) is 65.6 Å². The van der Waals surface area contributed by atoms with E-state index >= 15 is 0 Å². The molecule has 5 rings (SSSR count). The van der Waals surface area contributed by atoms with Gasteiger partial charge in [-0.1, -0.05) is 24.3 Å². The number of amides is 2. The molecular formula is C33H42N6O7S2. The van der Waals surface area contributed by atoms with Crippen LogP contribution in [-0.2, 0) is 19.6 Å². The lowest BCUT2D eigenvalue weighted by Gasteiger charge is -2.37. The van der Waals surface area contributed by atoms with Crippen molar-refractivity contribution in [2.24, 2.45) is 0 Å². The Morgan fingerprint density at radius 3 is 2.25 bits per heavy atom. The number of rotatable bonds is 9. The number of hydrogen-bond acceptors (Lipinski definition) is 10. The number of benzene rings is 2. The molecule has 0 saturated carbocycles. The highest BCUT2D eigenvalue weighted by Crippen LogP contribution is 2.34. The zero-order chi connectivity index (χ0) is 34.6. The molecular weight excluding hydrogens is 657 g/mol. The van der Waals surface area contributed by atoms with Crippen LogP contribution in [0.2, 0.25) is 0 Å². The van der Waals surface area contributed by atoms with Crippen molar-refractivity contribution in [3.63, 3.8) is 0 Å². The molecule has 0 aliphatic carbocycles. The summed E-state index contributed by atoms with van der Waals surface area (Å²) >= 11 is 1.37. The summed E-state index contributed by atoms with van der Waals surface area (Å²) in [5, 5.41) is 15.1. The van der Waals surface area contributed by atoms with Crippen LogP contribution in [-0.4, -0.2) is 104 Å². The summed E-state index contributed by atoms with van der Waals surface area (Å²) in [5.41, 5.74) is 0.892. The minimum atomic E-state index is -4.49. The van der Waals surface area contributed by atoms with Gasteiger partial charge < -0.3 is 24.8 Å². The van der Waals surface area contributed by atoms with Gasteiger partial charge in [0.15, 0.2) is 4.90 Å². The van der Waals surface area contributed by atoms with E-state index in [2.05, 4.69) is 46.4 Å². The van der Waals surface area contributed by atoms with Crippen LogP contribution < -0.4 is 10.2 Å². The number of sulfonamides is 1. The number of piperazine rings is 1. The molecule has 2 amide bonds. The normalized spacial score (nSPS) is 16.6. The third-order valence-corrected chi connectivity index (χ3v) is 11.4. The third kappa shape index (κ3) is 8.50. The first-order chi connectivity index (χ1) is 22.7. The van der Waals surface area contributed by atoms with Gasteiger partial charge in [-0.25, -0.2) is 13.2 Å². The zero-order valence-electron chi connectivity index (χ0n) is 27.6. The summed E-state index contributed by atoms with van der Waals surface area (Å²) in [7, 11) is -2.37. The van der Waals surface area contributed by atoms with Gasteiger partial charge >= 0.3 is 6.09 Å². The number of thiophene rings is 1.